The van der Waals surface area contributed by atoms with Crippen LogP contribution < -0.4 is 10.6 Å². The van der Waals surface area contributed by atoms with Crippen molar-refractivity contribution >= 4 is 6.03 Å². The van der Waals surface area contributed by atoms with Crippen molar-refractivity contribution in [1.29, 1.82) is 0 Å². The summed E-state index contributed by atoms with van der Waals surface area (Å²) >= 11 is 0. The van der Waals surface area contributed by atoms with E-state index in [0.29, 0.717) is 0 Å². The first kappa shape index (κ1) is 17.2. The van der Waals surface area contributed by atoms with Crippen LogP contribution in [0.4, 0.5) is 4.79 Å². The van der Waals surface area contributed by atoms with Crippen LogP contribution in [-0.4, -0.2) is 54.9 Å². The van der Waals surface area contributed by atoms with Crippen LogP contribution in [0.2, 0.25) is 0 Å². The summed E-state index contributed by atoms with van der Waals surface area (Å²) in [5, 5.41) is 15.5. The number of carbonyl (C=O) groups is 1. The summed E-state index contributed by atoms with van der Waals surface area (Å²) in [5.74, 6) is 0. The Morgan fingerprint density at radius 3 is 2.35 bits per heavy atom. The number of hydrogen-bond donors (Lipinski definition) is 3. The molecule has 3 N–H and O–H groups in total. The van der Waals surface area contributed by atoms with E-state index in [0.717, 1.165) is 32.2 Å². The second-order valence-electron chi connectivity index (χ2n) is 7.19. The van der Waals surface area contributed by atoms with Crippen molar-refractivity contribution in [3.8, 4) is 0 Å². The molecule has 1 rings (SSSR count). The predicted molar refractivity (Wildman–Crippen MR) is 81.7 cm³/mol. The third kappa shape index (κ3) is 4.63. The van der Waals surface area contributed by atoms with Crippen LogP contribution in [0.1, 0.15) is 46.5 Å². The molecule has 1 atom stereocenters. The van der Waals surface area contributed by atoms with Gasteiger partial charge < -0.3 is 20.6 Å². The van der Waals surface area contributed by atoms with E-state index < -0.39 is 5.54 Å². The first-order valence-corrected chi connectivity index (χ1v) is 7.55. The third-order valence-corrected chi connectivity index (χ3v) is 4.49. The summed E-state index contributed by atoms with van der Waals surface area (Å²) in [7, 11) is 4.07. The first-order valence-electron chi connectivity index (χ1n) is 7.55. The molecule has 5 heteroatoms. The lowest BCUT2D eigenvalue weighted by Crippen LogP contribution is -2.57. The van der Waals surface area contributed by atoms with Gasteiger partial charge in [-0.05, 0) is 39.3 Å². The Morgan fingerprint density at radius 1 is 1.35 bits per heavy atom. The van der Waals surface area contributed by atoms with Gasteiger partial charge in [-0.25, -0.2) is 4.79 Å². The molecule has 0 saturated heterocycles. The van der Waals surface area contributed by atoms with Gasteiger partial charge in [0.25, 0.3) is 0 Å². The number of nitrogens with zero attached hydrogens (tertiary/aromatic N) is 1. The van der Waals surface area contributed by atoms with E-state index in [1.54, 1.807) is 0 Å². The maximum Gasteiger partial charge on any atom is 0.315 e. The highest BCUT2D eigenvalue weighted by Crippen LogP contribution is 2.29. The van der Waals surface area contributed by atoms with Crippen molar-refractivity contribution in [2.75, 3.05) is 27.2 Å². The lowest BCUT2D eigenvalue weighted by molar-refractivity contribution is 0.151. The Morgan fingerprint density at radius 2 is 1.90 bits per heavy atom. The van der Waals surface area contributed by atoms with Crippen LogP contribution in [0.25, 0.3) is 0 Å². The highest BCUT2D eigenvalue weighted by molar-refractivity contribution is 5.75. The van der Waals surface area contributed by atoms with Crippen molar-refractivity contribution in [1.82, 2.24) is 15.5 Å². The molecule has 1 fully saturated rings. The van der Waals surface area contributed by atoms with Gasteiger partial charge in [0.05, 0.1) is 12.1 Å². The van der Waals surface area contributed by atoms with E-state index in [-0.39, 0.29) is 24.1 Å². The zero-order valence-electron chi connectivity index (χ0n) is 13.6. The highest BCUT2D eigenvalue weighted by atomic mass is 16.3. The molecule has 0 spiro atoms. The Labute approximate surface area is 123 Å². The Kier molecular flexibility index (Phi) is 5.83. The minimum atomic E-state index is -0.407. The average Bonchev–Trinajstić information content (AvgIpc) is 2.76. The normalized spacial score (nSPS) is 19.9. The quantitative estimate of drug-likeness (QED) is 0.694. The molecule has 0 aromatic carbocycles. The molecule has 0 aliphatic heterocycles. The molecule has 0 aromatic rings. The number of urea groups is 1. The number of rotatable bonds is 6. The summed E-state index contributed by atoms with van der Waals surface area (Å²) in [6, 6.07) is -0.109. The van der Waals surface area contributed by atoms with Crippen LogP contribution in [0.5, 0.6) is 0 Å². The minimum Gasteiger partial charge on any atom is -0.394 e. The fourth-order valence-electron chi connectivity index (χ4n) is 3.00. The van der Waals surface area contributed by atoms with Gasteiger partial charge in [-0.15, -0.1) is 0 Å². The fraction of sp³-hybridized carbons (Fsp3) is 0.933. The molecule has 1 saturated carbocycles. The van der Waals surface area contributed by atoms with Crippen molar-refractivity contribution in [2.24, 2.45) is 5.41 Å². The molecule has 1 unspecified atom stereocenters. The Hall–Kier alpha value is -0.810. The molecule has 0 radical (unpaired) electrons. The second-order valence-corrected chi connectivity index (χ2v) is 7.19. The van der Waals surface area contributed by atoms with Gasteiger partial charge in [0, 0.05) is 12.6 Å². The predicted octanol–water partition coefficient (Wildman–Crippen LogP) is 1.57. The van der Waals surface area contributed by atoms with Crippen molar-refractivity contribution in [2.45, 2.75) is 58.0 Å². The number of amides is 2. The Balaban J connectivity index is 2.53. The molecule has 0 bridgehead atoms. The van der Waals surface area contributed by atoms with Crippen LogP contribution in [0.15, 0.2) is 0 Å². The lowest BCUT2D eigenvalue weighted by atomic mass is 9.85. The highest BCUT2D eigenvalue weighted by Gasteiger charge is 2.36. The van der Waals surface area contributed by atoms with E-state index in [2.05, 4.69) is 29.4 Å². The van der Waals surface area contributed by atoms with Crippen molar-refractivity contribution in [3.63, 3.8) is 0 Å². The van der Waals surface area contributed by atoms with E-state index >= 15 is 0 Å². The van der Waals surface area contributed by atoms with Gasteiger partial charge in [-0.3, -0.25) is 0 Å². The fourth-order valence-corrected chi connectivity index (χ4v) is 3.00. The number of hydrogen-bond acceptors (Lipinski definition) is 3. The van der Waals surface area contributed by atoms with Crippen LogP contribution in [-0.2, 0) is 0 Å². The molecule has 118 valence electrons. The SMILES string of the molecule is CC(NC(=O)NC1(CO)CCCC1)C(C)(C)CN(C)C. The third-order valence-electron chi connectivity index (χ3n) is 4.49. The van der Waals surface area contributed by atoms with Gasteiger partial charge in [0.2, 0.25) is 0 Å². The summed E-state index contributed by atoms with van der Waals surface area (Å²) < 4.78 is 0. The molecule has 0 heterocycles. The molecular weight excluding hydrogens is 254 g/mol. The number of carbonyl (C=O) groups excluding carboxylic acids is 1. The second kappa shape index (κ2) is 6.76. The first-order chi connectivity index (χ1) is 9.21. The Bertz CT molecular complexity index is 323. The van der Waals surface area contributed by atoms with Crippen LogP contribution in [0, 0.1) is 5.41 Å². The van der Waals surface area contributed by atoms with E-state index in [4.69, 9.17) is 0 Å². The van der Waals surface area contributed by atoms with E-state index in [1.807, 2.05) is 21.0 Å². The van der Waals surface area contributed by atoms with Crippen LogP contribution in [0.3, 0.4) is 0 Å². The zero-order chi connectivity index (χ0) is 15.4. The van der Waals surface area contributed by atoms with Gasteiger partial charge in [-0.1, -0.05) is 26.7 Å². The summed E-state index contributed by atoms with van der Waals surface area (Å²) in [6.45, 7) is 7.25. The zero-order valence-corrected chi connectivity index (χ0v) is 13.6. The summed E-state index contributed by atoms with van der Waals surface area (Å²) in [4.78, 5) is 14.3. The number of aliphatic hydroxyl groups excluding tert-OH is 1. The maximum atomic E-state index is 12.2. The molecule has 0 aromatic heterocycles. The number of aliphatic hydroxyl groups is 1. The monoisotopic (exact) mass is 285 g/mol. The number of nitrogens with one attached hydrogen (secondary N) is 2. The molecule has 1 aliphatic rings. The van der Waals surface area contributed by atoms with Crippen molar-refractivity contribution < 1.29 is 9.90 Å². The molecule has 20 heavy (non-hydrogen) atoms. The minimum absolute atomic E-state index is 0.0110. The topological polar surface area (TPSA) is 64.6 Å². The van der Waals surface area contributed by atoms with Gasteiger partial charge in [0.1, 0.15) is 0 Å². The molecular formula is C15H31N3O2. The lowest BCUT2D eigenvalue weighted by Gasteiger charge is -2.36. The van der Waals surface area contributed by atoms with Gasteiger partial charge >= 0.3 is 6.03 Å². The molecule has 1 aliphatic carbocycles. The molecule has 2 amide bonds. The van der Waals surface area contributed by atoms with Crippen LogP contribution >= 0.6 is 0 Å². The summed E-state index contributed by atoms with van der Waals surface area (Å²) in [6.07, 6.45) is 3.88. The van der Waals surface area contributed by atoms with Gasteiger partial charge in [-0.2, -0.15) is 0 Å². The van der Waals surface area contributed by atoms with E-state index in [9.17, 15) is 9.90 Å². The average molecular weight is 285 g/mol. The van der Waals surface area contributed by atoms with Gasteiger partial charge in [0.15, 0.2) is 0 Å². The largest absolute Gasteiger partial charge is 0.394 e. The molecule has 5 nitrogen and oxygen atoms in total. The smallest absolute Gasteiger partial charge is 0.315 e. The maximum absolute atomic E-state index is 12.2. The standard InChI is InChI=1S/C15H31N3O2/c1-12(14(2,3)10-18(4)5)16-13(20)17-15(11-19)8-6-7-9-15/h12,19H,6-11H2,1-5H3,(H2,16,17,20). The van der Waals surface area contributed by atoms with E-state index in [1.165, 1.54) is 0 Å². The van der Waals surface area contributed by atoms with Crippen molar-refractivity contribution in [3.05, 3.63) is 0 Å². The summed E-state index contributed by atoms with van der Waals surface area (Å²) in [5.41, 5.74) is -0.418.